The third-order valence-electron chi connectivity index (χ3n) is 1.92. The zero-order valence-electron chi connectivity index (χ0n) is 8.77. The van der Waals surface area contributed by atoms with E-state index in [2.05, 4.69) is 39.0 Å². The second-order valence-electron chi connectivity index (χ2n) is 3.32. The third kappa shape index (κ3) is 8.20. The maximum atomic E-state index is 2.30. The van der Waals surface area contributed by atoms with Crippen molar-refractivity contribution in [1.29, 1.82) is 0 Å². The Kier molecular flexibility index (Phi) is 9.27. The molecule has 0 aromatic heterocycles. The second kappa shape index (κ2) is 9.19. The van der Waals surface area contributed by atoms with Crippen molar-refractivity contribution in [2.75, 3.05) is 0 Å². The normalized spacial score (nSPS) is 14.1. The summed E-state index contributed by atoms with van der Waals surface area (Å²) in [7, 11) is 0. The Morgan fingerprint density at radius 3 is 2.08 bits per heavy atom. The van der Waals surface area contributed by atoms with Crippen molar-refractivity contribution >= 4 is 0 Å². The van der Waals surface area contributed by atoms with E-state index >= 15 is 0 Å². The fraction of sp³-hybridized carbons (Fsp3) is 0.636. The first-order valence-electron chi connectivity index (χ1n) is 5.11. The van der Waals surface area contributed by atoms with Crippen molar-refractivity contribution in [2.45, 2.75) is 43.6 Å². The molecule has 1 aliphatic carbocycles. The molecule has 1 aliphatic rings. The van der Waals surface area contributed by atoms with E-state index in [4.69, 9.17) is 0 Å². The van der Waals surface area contributed by atoms with E-state index in [1.807, 2.05) is 0 Å². The van der Waals surface area contributed by atoms with Gasteiger partial charge in [-0.2, -0.15) is 0 Å². The van der Waals surface area contributed by atoms with Gasteiger partial charge in [-0.3, -0.25) is 0 Å². The first kappa shape index (κ1) is 12.1. The number of hydrogen-bond donors (Lipinski definition) is 0. The minimum atomic E-state index is 0.0972. The molecule has 0 saturated heterocycles. The monoisotopic (exact) mass is 216 g/mol. The molecule has 1 rings (SSSR count). The zero-order chi connectivity index (χ0) is 9.23. The van der Waals surface area contributed by atoms with Crippen LogP contribution < -0.4 is 0 Å². The van der Waals surface area contributed by atoms with Gasteiger partial charge in [-0.15, -0.1) is 0 Å². The molecule has 12 heavy (non-hydrogen) atoms. The first-order valence-corrected chi connectivity index (χ1v) is 9.31. The van der Waals surface area contributed by atoms with Crippen LogP contribution in [0.1, 0.15) is 33.6 Å². The van der Waals surface area contributed by atoms with Crippen LogP contribution in [-0.4, -0.2) is 0 Å². The Morgan fingerprint density at radius 2 is 1.92 bits per heavy atom. The van der Waals surface area contributed by atoms with E-state index in [0.29, 0.717) is 0 Å². The summed E-state index contributed by atoms with van der Waals surface area (Å²) in [5, 5.41) is 3.06. The molecule has 0 radical (unpaired) electrons. The Bertz CT molecular complexity index is 143. The van der Waals surface area contributed by atoms with Crippen molar-refractivity contribution in [2.24, 2.45) is 0 Å². The summed E-state index contributed by atoms with van der Waals surface area (Å²) >= 11 is 0.0972. The molecule has 0 fully saturated rings. The van der Waals surface area contributed by atoms with E-state index in [1.165, 1.54) is 22.0 Å². The number of hydrogen-bond acceptors (Lipinski definition) is 0. The van der Waals surface area contributed by atoms with Crippen LogP contribution >= 0.6 is 0 Å². The Labute approximate surface area is 84.7 Å². The van der Waals surface area contributed by atoms with Crippen LogP contribution in [0.15, 0.2) is 23.8 Å². The van der Waals surface area contributed by atoms with Gasteiger partial charge in [-0.25, -0.2) is 0 Å². The summed E-state index contributed by atoms with van der Waals surface area (Å²) in [6.45, 7) is 6.76. The molecule has 0 aliphatic heterocycles. The van der Waals surface area contributed by atoms with E-state index in [-0.39, 0.29) is 17.1 Å². The van der Waals surface area contributed by atoms with Gasteiger partial charge in [-0.1, -0.05) is 23.8 Å². The molecule has 0 aromatic rings. The maximum absolute atomic E-state index is 2.30. The summed E-state index contributed by atoms with van der Waals surface area (Å²) < 4.78 is 0. The van der Waals surface area contributed by atoms with Gasteiger partial charge in [0.2, 0.25) is 0 Å². The minimum absolute atomic E-state index is 0.0972. The molecular formula is C11H20Zn. The van der Waals surface area contributed by atoms with Gasteiger partial charge in [0.05, 0.1) is 0 Å². The van der Waals surface area contributed by atoms with E-state index < -0.39 is 0 Å². The Balaban J connectivity index is 0.000000217. The summed E-state index contributed by atoms with van der Waals surface area (Å²) in [5.74, 6) is 0. The Hall–Kier alpha value is 0.103. The molecule has 1 heteroatoms. The quantitative estimate of drug-likeness (QED) is 0.480. The van der Waals surface area contributed by atoms with Gasteiger partial charge in [0.1, 0.15) is 0 Å². The second-order valence-corrected chi connectivity index (χ2v) is 8.99. The van der Waals surface area contributed by atoms with Gasteiger partial charge in [-0.05, 0) is 19.8 Å². The molecule has 0 unspecified atom stereocenters. The van der Waals surface area contributed by atoms with Gasteiger partial charge in [0.15, 0.2) is 0 Å². The van der Waals surface area contributed by atoms with Crippen molar-refractivity contribution < 1.29 is 17.1 Å². The SMILES string of the molecule is CC1=CCC=CC1.C[CH2][Zn][CH2]C. The molecule has 0 nitrogen and oxygen atoms in total. The van der Waals surface area contributed by atoms with Crippen LogP contribution in [0.2, 0.25) is 10.0 Å². The predicted octanol–water partition coefficient (Wildman–Crippen LogP) is 4.23. The third-order valence-corrected chi connectivity index (χ3v) is 4.88. The van der Waals surface area contributed by atoms with Gasteiger partial charge in [0, 0.05) is 0 Å². The van der Waals surface area contributed by atoms with Crippen molar-refractivity contribution in [1.82, 2.24) is 0 Å². The van der Waals surface area contributed by atoms with Crippen LogP contribution in [0.4, 0.5) is 0 Å². The summed E-state index contributed by atoms with van der Waals surface area (Å²) in [6.07, 6.45) is 8.99. The zero-order valence-corrected chi connectivity index (χ0v) is 11.7. The summed E-state index contributed by atoms with van der Waals surface area (Å²) in [5.41, 5.74) is 1.50. The molecule has 0 bridgehead atoms. The molecule has 0 N–H and O–H groups in total. The fourth-order valence-electron chi connectivity index (χ4n) is 1.07. The van der Waals surface area contributed by atoms with Crippen molar-refractivity contribution in [3.05, 3.63) is 23.8 Å². The molecule has 0 saturated carbocycles. The van der Waals surface area contributed by atoms with Crippen LogP contribution in [-0.2, 0) is 17.1 Å². The van der Waals surface area contributed by atoms with E-state index in [1.54, 1.807) is 0 Å². The van der Waals surface area contributed by atoms with Gasteiger partial charge >= 0.3 is 41.0 Å². The van der Waals surface area contributed by atoms with Crippen LogP contribution in [0.25, 0.3) is 0 Å². The van der Waals surface area contributed by atoms with E-state index in [9.17, 15) is 0 Å². The van der Waals surface area contributed by atoms with E-state index in [0.717, 1.165) is 6.42 Å². The average molecular weight is 218 g/mol. The number of rotatable bonds is 2. The Morgan fingerprint density at radius 1 is 1.25 bits per heavy atom. The predicted molar refractivity (Wildman–Crippen MR) is 53.1 cm³/mol. The molecule has 0 spiro atoms. The van der Waals surface area contributed by atoms with Crippen LogP contribution in [0.3, 0.4) is 0 Å². The summed E-state index contributed by atoms with van der Waals surface area (Å²) in [6, 6.07) is 0. The molecule has 0 amide bonds. The van der Waals surface area contributed by atoms with Crippen molar-refractivity contribution in [3.63, 3.8) is 0 Å². The molecular weight excluding hydrogens is 198 g/mol. The molecule has 0 heterocycles. The standard InChI is InChI=1S/C7H10.2C2H5.Zn/c1-7-5-3-2-4-6-7;2*1-2;/h2-3,6H,4-5H2,1H3;2*1H2,2H3;. The molecule has 0 atom stereocenters. The number of allylic oxidation sites excluding steroid dienone is 4. The van der Waals surface area contributed by atoms with Gasteiger partial charge in [0.25, 0.3) is 0 Å². The first-order chi connectivity index (χ1) is 5.81. The van der Waals surface area contributed by atoms with Crippen molar-refractivity contribution in [3.8, 4) is 0 Å². The average Bonchev–Trinajstić information content (AvgIpc) is 2.08. The molecule has 66 valence electrons. The van der Waals surface area contributed by atoms with Crippen LogP contribution in [0, 0.1) is 0 Å². The van der Waals surface area contributed by atoms with Gasteiger partial charge < -0.3 is 0 Å². The fourth-order valence-corrected chi connectivity index (χ4v) is 2.56. The summed E-state index contributed by atoms with van der Waals surface area (Å²) in [4.78, 5) is 0. The van der Waals surface area contributed by atoms with Crippen LogP contribution in [0.5, 0.6) is 0 Å². The molecule has 0 aromatic carbocycles. The topological polar surface area (TPSA) is 0 Å².